The monoisotopic (exact) mass is 180 g/mol. The molecule has 0 aromatic heterocycles. The molecule has 0 aromatic carbocycles. The predicted octanol–water partition coefficient (Wildman–Crippen LogP) is -3.65. The highest BCUT2D eigenvalue weighted by Crippen LogP contribution is 1.99. The van der Waals surface area contributed by atoms with Gasteiger partial charge in [-0.25, -0.2) is 0 Å². The van der Waals surface area contributed by atoms with Crippen LogP contribution in [0.1, 0.15) is 0 Å². The average molecular weight is 180 g/mol. The maximum Gasteiger partial charge on any atom is 0.0937 e. The van der Waals surface area contributed by atoms with Crippen molar-refractivity contribution in [2.45, 2.75) is 24.3 Å². The Kier molecular flexibility index (Phi) is 5.31. The van der Waals surface area contributed by atoms with Crippen molar-refractivity contribution in [1.29, 1.82) is 0 Å². The SMILES string of the molecule is N[C@H]([C@@H](N)[C@H](O)CO)[C@H](O)CO. The number of aliphatic hydroxyl groups is 4. The van der Waals surface area contributed by atoms with Crippen molar-refractivity contribution in [3.8, 4) is 0 Å². The number of rotatable bonds is 5. The molecule has 6 heteroatoms. The summed E-state index contributed by atoms with van der Waals surface area (Å²) in [7, 11) is 0. The van der Waals surface area contributed by atoms with E-state index in [0.29, 0.717) is 0 Å². The summed E-state index contributed by atoms with van der Waals surface area (Å²) in [6.45, 7) is -1.04. The standard InChI is InChI=1S/C6H16N2O4/c7-5(3(11)1-9)6(8)4(12)2-10/h3-6,9-12H,1-2,7-8H2/t3-,4-,5+,6+/m1/s1. The Balaban J connectivity index is 3.99. The number of aliphatic hydroxyl groups excluding tert-OH is 4. The first-order valence-corrected chi connectivity index (χ1v) is 3.63. The van der Waals surface area contributed by atoms with Crippen molar-refractivity contribution in [3.63, 3.8) is 0 Å². The van der Waals surface area contributed by atoms with E-state index in [1.165, 1.54) is 0 Å². The quantitative estimate of drug-likeness (QED) is 0.258. The predicted molar refractivity (Wildman–Crippen MR) is 42.1 cm³/mol. The molecule has 0 bridgehead atoms. The molecule has 0 saturated heterocycles. The van der Waals surface area contributed by atoms with Crippen molar-refractivity contribution in [2.24, 2.45) is 11.5 Å². The van der Waals surface area contributed by atoms with Gasteiger partial charge in [-0.05, 0) is 0 Å². The molecule has 74 valence electrons. The van der Waals surface area contributed by atoms with Gasteiger partial charge in [-0.1, -0.05) is 0 Å². The molecular weight excluding hydrogens is 164 g/mol. The molecule has 12 heavy (non-hydrogen) atoms. The minimum absolute atomic E-state index is 0.521. The van der Waals surface area contributed by atoms with E-state index >= 15 is 0 Å². The van der Waals surface area contributed by atoms with E-state index in [-0.39, 0.29) is 0 Å². The van der Waals surface area contributed by atoms with Crippen LogP contribution in [0.25, 0.3) is 0 Å². The van der Waals surface area contributed by atoms with Crippen molar-refractivity contribution in [3.05, 3.63) is 0 Å². The van der Waals surface area contributed by atoms with Crippen LogP contribution in [0.3, 0.4) is 0 Å². The fourth-order valence-electron chi connectivity index (χ4n) is 0.756. The zero-order valence-electron chi connectivity index (χ0n) is 6.67. The maximum atomic E-state index is 8.99. The lowest BCUT2D eigenvalue weighted by molar-refractivity contribution is 0.0218. The van der Waals surface area contributed by atoms with Gasteiger partial charge in [-0.3, -0.25) is 0 Å². The minimum atomic E-state index is -1.18. The number of hydrogen-bond donors (Lipinski definition) is 6. The molecule has 4 atom stereocenters. The molecule has 0 spiro atoms. The van der Waals surface area contributed by atoms with Crippen LogP contribution in [0.2, 0.25) is 0 Å². The van der Waals surface area contributed by atoms with E-state index < -0.39 is 37.5 Å². The molecule has 0 unspecified atom stereocenters. The first kappa shape index (κ1) is 11.8. The van der Waals surface area contributed by atoms with Gasteiger partial charge in [-0.2, -0.15) is 0 Å². The van der Waals surface area contributed by atoms with Crippen molar-refractivity contribution in [2.75, 3.05) is 13.2 Å². The number of hydrogen-bond acceptors (Lipinski definition) is 6. The molecule has 0 heterocycles. The third-order valence-electron chi connectivity index (χ3n) is 1.71. The Hall–Kier alpha value is -0.240. The summed E-state index contributed by atoms with van der Waals surface area (Å²) in [6, 6.07) is -1.89. The molecule has 0 amide bonds. The molecule has 0 aliphatic heterocycles. The van der Waals surface area contributed by atoms with E-state index in [0.717, 1.165) is 0 Å². The molecule has 6 nitrogen and oxygen atoms in total. The van der Waals surface area contributed by atoms with Crippen LogP contribution in [0.15, 0.2) is 0 Å². The summed E-state index contributed by atoms with van der Waals surface area (Å²) in [5, 5.41) is 34.9. The summed E-state index contributed by atoms with van der Waals surface area (Å²) in [5.41, 5.74) is 10.7. The Morgan fingerprint density at radius 3 is 1.25 bits per heavy atom. The van der Waals surface area contributed by atoms with Gasteiger partial charge in [0, 0.05) is 0 Å². The van der Waals surface area contributed by atoms with Crippen LogP contribution in [0.4, 0.5) is 0 Å². The topological polar surface area (TPSA) is 133 Å². The van der Waals surface area contributed by atoms with Crippen LogP contribution in [-0.2, 0) is 0 Å². The molecule has 0 rings (SSSR count). The van der Waals surface area contributed by atoms with E-state index in [2.05, 4.69) is 0 Å². The summed E-state index contributed by atoms with van der Waals surface area (Å²) in [4.78, 5) is 0. The maximum absolute atomic E-state index is 8.99. The second-order valence-electron chi connectivity index (χ2n) is 2.65. The van der Waals surface area contributed by atoms with Gasteiger partial charge in [0.15, 0.2) is 0 Å². The second kappa shape index (κ2) is 5.41. The first-order valence-electron chi connectivity index (χ1n) is 3.63. The van der Waals surface area contributed by atoms with Gasteiger partial charge in [0.2, 0.25) is 0 Å². The van der Waals surface area contributed by atoms with E-state index in [1.54, 1.807) is 0 Å². The van der Waals surface area contributed by atoms with Crippen molar-refractivity contribution < 1.29 is 20.4 Å². The van der Waals surface area contributed by atoms with Crippen LogP contribution < -0.4 is 11.5 Å². The minimum Gasteiger partial charge on any atom is -0.394 e. The summed E-state index contributed by atoms with van der Waals surface area (Å²) >= 11 is 0. The third kappa shape index (κ3) is 3.02. The largest absolute Gasteiger partial charge is 0.394 e. The summed E-state index contributed by atoms with van der Waals surface area (Å²) in [6.07, 6.45) is -2.36. The van der Waals surface area contributed by atoms with Crippen molar-refractivity contribution in [1.82, 2.24) is 0 Å². The summed E-state index contributed by atoms with van der Waals surface area (Å²) in [5.74, 6) is 0. The van der Waals surface area contributed by atoms with Crippen LogP contribution in [0, 0.1) is 0 Å². The average Bonchev–Trinajstić information content (AvgIpc) is 2.12. The van der Waals surface area contributed by atoms with Gasteiger partial charge in [-0.15, -0.1) is 0 Å². The van der Waals surface area contributed by atoms with Gasteiger partial charge in [0.05, 0.1) is 37.5 Å². The molecule has 0 aromatic rings. The van der Waals surface area contributed by atoms with Crippen LogP contribution in [0.5, 0.6) is 0 Å². The molecule has 0 saturated carbocycles. The van der Waals surface area contributed by atoms with E-state index in [1.807, 2.05) is 0 Å². The Morgan fingerprint density at radius 2 is 1.08 bits per heavy atom. The van der Waals surface area contributed by atoms with Crippen LogP contribution in [-0.4, -0.2) is 57.9 Å². The number of nitrogens with two attached hydrogens (primary N) is 2. The van der Waals surface area contributed by atoms with E-state index in [9.17, 15) is 0 Å². The van der Waals surface area contributed by atoms with Gasteiger partial charge >= 0.3 is 0 Å². The Morgan fingerprint density at radius 1 is 0.833 bits per heavy atom. The normalized spacial score (nSPS) is 21.5. The zero-order chi connectivity index (χ0) is 9.72. The molecule has 0 radical (unpaired) electrons. The highest BCUT2D eigenvalue weighted by Gasteiger charge is 2.26. The first-order chi connectivity index (χ1) is 5.54. The molecule has 8 N–H and O–H groups in total. The fourth-order valence-corrected chi connectivity index (χ4v) is 0.756. The van der Waals surface area contributed by atoms with Crippen molar-refractivity contribution >= 4 is 0 Å². The highest BCUT2D eigenvalue weighted by molar-refractivity contribution is 4.87. The summed E-state index contributed by atoms with van der Waals surface area (Å²) < 4.78 is 0. The van der Waals surface area contributed by atoms with Gasteiger partial charge in [0.1, 0.15) is 0 Å². The van der Waals surface area contributed by atoms with E-state index in [4.69, 9.17) is 31.9 Å². The lowest BCUT2D eigenvalue weighted by atomic mass is 10.00. The lowest BCUT2D eigenvalue weighted by Gasteiger charge is -2.26. The fraction of sp³-hybridized carbons (Fsp3) is 1.00. The molecule has 0 fully saturated rings. The lowest BCUT2D eigenvalue weighted by Crippen LogP contribution is -2.56. The van der Waals surface area contributed by atoms with Crippen LogP contribution >= 0.6 is 0 Å². The Bertz CT molecular complexity index is 110. The third-order valence-corrected chi connectivity index (χ3v) is 1.71. The zero-order valence-corrected chi connectivity index (χ0v) is 6.67. The van der Waals surface area contributed by atoms with Gasteiger partial charge in [0.25, 0.3) is 0 Å². The molecule has 0 aliphatic carbocycles. The smallest absolute Gasteiger partial charge is 0.0937 e. The Labute approximate surface area is 70.4 Å². The van der Waals surface area contributed by atoms with Gasteiger partial charge < -0.3 is 31.9 Å². The highest BCUT2D eigenvalue weighted by atomic mass is 16.3. The second-order valence-corrected chi connectivity index (χ2v) is 2.65. The molecule has 0 aliphatic rings. The molecular formula is C6H16N2O4.